The van der Waals surface area contributed by atoms with E-state index in [1.54, 1.807) is 0 Å². The zero-order valence-corrected chi connectivity index (χ0v) is 13.6. The molecule has 1 aliphatic rings. The number of rotatable bonds is 4. The number of nitrogens with one attached hydrogen (secondary N) is 1. The molecule has 0 heterocycles. The van der Waals surface area contributed by atoms with Crippen LogP contribution in [-0.4, -0.2) is 6.54 Å². The molecule has 0 amide bonds. The van der Waals surface area contributed by atoms with Crippen LogP contribution in [0.15, 0.2) is 24.3 Å². The molecule has 0 aliphatic heterocycles. The molecule has 2 rings (SSSR count). The highest BCUT2D eigenvalue weighted by Gasteiger charge is 2.26. The Morgan fingerprint density at radius 1 is 1.28 bits per heavy atom. The van der Waals surface area contributed by atoms with Crippen LogP contribution in [0.4, 0.5) is 0 Å². The molecule has 1 saturated carbocycles. The average Bonchev–Trinajstić information content (AvgIpc) is 2.37. The molecule has 1 aromatic carbocycles. The fourth-order valence-corrected chi connectivity index (χ4v) is 3.66. The number of hydrogen-bond acceptors (Lipinski definition) is 1. The largest absolute Gasteiger partial charge is 0.310 e. The van der Waals surface area contributed by atoms with Gasteiger partial charge in [0.05, 0.1) is 0 Å². The van der Waals surface area contributed by atoms with E-state index in [1.165, 1.54) is 34.8 Å². The van der Waals surface area contributed by atoms with Gasteiger partial charge >= 0.3 is 0 Å². The van der Waals surface area contributed by atoms with Crippen LogP contribution in [-0.2, 0) is 0 Å². The van der Waals surface area contributed by atoms with Gasteiger partial charge in [0.1, 0.15) is 0 Å². The molecule has 1 unspecified atom stereocenters. The van der Waals surface area contributed by atoms with Crippen molar-refractivity contribution in [3.05, 3.63) is 33.4 Å². The Labute approximate surface area is 125 Å². The van der Waals surface area contributed by atoms with Gasteiger partial charge in [0, 0.05) is 9.61 Å². The second-order valence-corrected chi connectivity index (χ2v) is 6.86. The van der Waals surface area contributed by atoms with Crippen LogP contribution in [0.2, 0.25) is 0 Å². The van der Waals surface area contributed by atoms with Crippen LogP contribution in [0.25, 0.3) is 0 Å². The van der Waals surface area contributed by atoms with Crippen molar-refractivity contribution in [1.82, 2.24) is 5.32 Å². The lowest BCUT2D eigenvalue weighted by molar-refractivity contribution is 0.233. The van der Waals surface area contributed by atoms with Gasteiger partial charge in [-0.15, -0.1) is 0 Å². The van der Waals surface area contributed by atoms with E-state index in [0.29, 0.717) is 6.04 Å². The molecule has 18 heavy (non-hydrogen) atoms. The average molecular weight is 357 g/mol. The van der Waals surface area contributed by atoms with Crippen molar-refractivity contribution in [3.8, 4) is 0 Å². The third-order valence-electron chi connectivity index (χ3n) is 4.16. The third-order valence-corrected chi connectivity index (χ3v) is 4.83. The van der Waals surface area contributed by atoms with Gasteiger partial charge in [-0.2, -0.15) is 0 Å². The summed E-state index contributed by atoms with van der Waals surface area (Å²) < 4.78 is 1.34. The summed E-state index contributed by atoms with van der Waals surface area (Å²) in [4.78, 5) is 0. The topological polar surface area (TPSA) is 12.0 Å². The van der Waals surface area contributed by atoms with Gasteiger partial charge in [-0.3, -0.25) is 0 Å². The van der Waals surface area contributed by atoms with Crippen molar-refractivity contribution in [3.63, 3.8) is 0 Å². The lowest BCUT2D eigenvalue weighted by atomic mass is 9.77. The summed E-state index contributed by atoms with van der Waals surface area (Å²) in [6, 6.07) is 9.54. The second-order valence-electron chi connectivity index (χ2n) is 5.61. The fraction of sp³-hybridized carbons (Fsp3) is 0.625. The summed E-state index contributed by atoms with van der Waals surface area (Å²) in [5.41, 5.74) is 1.48. The molecule has 0 bridgehead atoms. The van der Waals surface area contributed by atoms with Gasteiger partial charge in [0.15, 0.2) is 0 Å². The Bertz CT molecular complexity index is 369. The van der Waals surface area contributed by atoms with Gasteiger partial charge in [-0.1, -0.05) is 38.8 Å². The fourth-order valence-electron chi connectivity index (χ4n) is 3.10. The highest BCUT2D eigenvalue weighted by atomic mass is 127. The SMILES string of the molecule is CCNC(c1cccc(I)c1)C1CCC(C)CC1. The van der Waals surface area contributed by atoms with Gasteiger partial charge in [-0.05, 0) is 71.5 Å². The summed E-state index contributed by atoms with van der Waals surface area (Å²) >= 11 is 2.41. The highest BCUT2D eigenvalue weighted by molar-refractivity contribution is 14.1. The quantitative estimate of drug-likeness (QED) is 0.766. The Morgan fingerprint density at radius 2 is 2.00 bits per heavy atom. The van der Waals surface area contributed by atoms with Crippen molar-refractivity contribution in [2.45, 2.75) is 45.6 Å². The summed E-state index contributed by atoms with van der Waals surface area (Å²) in [6.07, 6.45) is 5.56. The Kier molecular flexibility index (Phi) is 5.49. The van der Waals surface area contributed by atoms with E-state index in [2.05, 4.69) is 66.0 Å². The minimum Gasteiger partial charge on any atom is -0.310 e. The first-order valence-electron chi connectivity index (χ1n) is 7.19. The molecular formula is C16H24IN. The molecule has 0 spiro atoms. The van der Waals surface area contributed by atoms with Gasteiger partial charge < -0.3 is 5.32 Å². The normalized spacial score (nSPS) is 25.9. The first-order chi connectivity index (χ1) is 8.70. The predicted octanol–water partition coefficient (Wildman–Crippen LogP) is 4.77. The van der Waals surface area contributed by atoms with Crippen LogP contribution in [0, 0.1) is 15.4 Å². The van der Waals surface area contributed by atoms with Crippen LogP contribution in [0.1, 0.15) is 51.1 Å². The highest BCUT2D eigenvalue weighted by Crippen LogP contribution is 2.36. The third kappa shape index (κ3) is 3.70. The van der Waals surface area contributed by atoms with E-state index in [1.807, 2.05) is 0 Å². The molecule has 0 saturated heterocycles. The van der Waals surface area contributed by atoms with Crippen molar-refractivity contribution in [2.24, 2.45) is 11.8 Å². The number of benzene rings is 1. The molecule has 2 heteroatoms. The van der Waals surface area contributed by atoms with Crippen LogP contribution in [0.3, 0.4) is 0 Å². The molecule has 1 aliphatic carbocycles. The predicted molar refractivity (Wildman–Crippen MR) is 86.7 cm³/mol. The van der Waals surface area contributed by atoms with Crippen molar-refractivity contribution >= 4 is 22.6 Å². The molecule has 0 aromatic heterocycles. The zero-order chi connectivity index (χ0) is 13.0. The molecule has 1 N–H and O–H groups in total. The molecule has 100 valence electrons. The molecule has 1 nitrogen and oxygen atoms in total. The smallest absolute Gasteiger partial charge is 0.0348 e. The van der Waals surface area contributed by atoms with Gasteiger partial charge in [-0.25, -0.2) is 0 Å². The Balaban J connectivity index is 2.12. The minimum atomic E-state index is 0.553. The number of halogens is 1. The van der Waals surface area contributed by atoms with Crippen molar-refractivity contribution in [2.75, 3.05) is 6.54 Å². The first kappa shape index (κ1) is 14.3. The molecule has 1 fully saturated rings. The molecule has 1 atom stereocenters. The summed E-state index contributed by atoms with van der Waals surface area (Å²) in [6.45, 7) is 5.67. The minimum absolute atomic E-state index is 0.553. The maximum atomic E-state index is 3.71. The maximum Gasteiger partial charge on any atom is 0.0348 e. The molecular weight excluding hydrogens is 333 g/mol. The monoisotopic (exact) mass is 357 g/mol. The first-order valence-corrected chi connectivity index (χ1v) is 8.27. The van der Waals surface area contributed by atoms with E-state index in [4.69, 9.17) is 0 Å². The van der Waals surface area contributed by atoms with Gasteiger partial charge in [0.2, 0.25) is 0 Å². The van der Waals surface area contributed by atoms with Crippen molar-refractivity contribution < 1.29 is 0 Å². The Hall–Kier alpha value is -0.0900. The summed E-state index contributed by atoms with van der Waals surface area (Å²) in [5, 5.41) is 3.71. The zero-order valence-electron chi connectivity index (χ0n) is 11.5. The van der Waals surface area contributed by atoms with Crippen molar-refractivity contribution in [1.29, 1.82) is 0 Å². The maximum absolute atomic E-state index is 3.71. The number of hydrogen-bond donors (Lipinski definition) is 1. The van der Waals surface area contributed by atoms with Crippen LogP contribution < -0.4 is 5.32 Å². The van der Waals surface area contributed by atoms with Gasteiger partial charge in [0.25, 0.3) is 0 Å². The lowest BCUT2D eigenvalue weighted by Crippen LogP contribution is -2.30. The molecule has 0 radical (unpaired) electrons. The second kappa shape index (κ2) is 6.90. The summed E-state index contributed by atoms with van der Waals surface area (Å²) in [7, 11) is 0. The van der Waals surface area contributed by atoms with E-state index in [0.717, 1.165) is 18.4 Å². The van der Waals surface area contributed by atoms with E-state index >= 15 is 0 Å². The molecule has 1 aromatic rings. The van der Waals surface area contributed by atoms with E-state index in [-0.39, 0.29) is 0 Å². The van der Waals surface area contributed by atoms with E-state index in [9.17, 15) is 0 Å². The van der Waals surface area contributed by atoms with Crippen LogP contribution >= 0.6 is 22.6 Å². The Morgan fingerprint density at radius 3 is 2.61 bits per heavy atom. The van der Waals surface area contributed by atoms with E-state index < -0.39 is 0 Å². The lowest BCUT2D eigenvalue weighted by Gasteiger charge is -2.33. The summed E-state index contributed by atoms with van der Waals surface area (Å²) in [5.74, 6) is 1.75. The van der Waals surface area contributed by atoms with Crippen LogP contribution in [0.5, 0.6) is 0 Å². The standard InChI is InChI=1S/C16H24IN/c1-3-18-16(13-9-7-12(2)8-10-13)14-5-4-6-15(17)11-14/h4-6,11-13,16,18H,3,7-10H2,1-2H3.